The predicted molar refractivity (Wildman–Crippen MR) is 71.2 cm³/mol. The minimum Gasteiger partial charge on any atom is -0.453 e. The van der Waals surface area contributed by atoms with Gasteiger partial charge in [-0.3, -0.25) is 4.98 Å². The van der Waals surface area contributed by atoms with Crippen LogP contribution in [0.15, 0.2) is 41.1 Å². The van der Waals surface area contributed by atoms with E-state index in [2.05, 4.69) is 26.2 Å². The van der Waals surface area contributed by atoms with Crippen molar-refractivity contribution >= 4 is 15.9 Å². The number of aromatic nitrogens is 1. The number of nitrogens with zero attached hydrogens (tertiary/aromatic N) is 1. The van der Waals surface area contributed by atoms with Crippen molar-refractivity contribution in [2.75, 3.05) is 7.05 Å². The van der Waals surface area contributed by atoms with Gasteiger partial charge < -0.3 is 10.1 Å². The molecule has 0 amide bonds. The molecule has 0 aliphatic rings. The van der Waals surface area contributed by atoms with E-state index < -0.39 is 0 Å². The Bertz CT molecular complexity index is 548. The lowest BCUT2D eigenvalue weighted by Crippen LogP contribution is -2.05. The Hall–Kier alpha value is -1.46. The highest BCUT2D eigenvalue weighted by atomic mass is 79.9. The molecule has 0 atom stereocenters. The van der Waals surface area contributed by atoms with Gasteiger partial charge in [0.15, 0.2) is 11.6 Å². The molecule has 0 radical (unpaired) electrons. The van der Waals surface area contributed by atoms with Crippen molar-refractivity contribution in [3.05, 3.63) is 52.5 Å². The minimum absolute atomic E-state index is 0.190. The summed E-state index contributed by atoms with van der Waals surface area (Å²) in [6.45, 7) is 0.621. The average Bonchev–Trinajstić information content (AvgIpc) is 2.33. The summed E-state index contributed by atoms with van der Waals surface area (Å²) in [6.07, 6.45) is 3.17. The molecule has 1 aromatic heterocycles. The summed E-state index contributed by atoms with van der Waals surface area (Å²) in [5.41, 5.74) is 0.870. The first-order chi connectivity index (χ1) is 8.69. The standard InChI is InChI=1S/C13H12BrFN2O/c1-16-6-9-2-3-13(12(15)4-9)18-11-5-10(14)7-17-8-11/h2-5,7-8,16H,6H2,1H3. The van der Waals surface area contributed by atoms with Crippen LogP contribution in [0.1, 0.15) is 5.56 Å². The molecule has 0 fully saturated rings. The zero-order valence-corrected chi connectivity index (χ0v) is 11.4. The van der Waals surface area contributed by atoms with Gasteiger partial charge in [0.2, 0.25) is 0 Å². The molecule has 0 saturated heterocycles. The average molecular weight is 311 g/mol. The summed E-state index contributed by atoms with van der Waals surface area (Å²) in [5, 5.41) is 2.96. The van der Waals surface area contributed by atoms with E-state index in [0.717, 1.165) is 10.0 Å². The molecular formula is C13H12BrFN2O. The van der Waals surface area contributed by atoms with Gasteiger partial charge >= 0.3 is 0 Å². The minimum atomic E-state index is -0.386. The van der Waals surface area contributed by atoms with Crippen molar-refractivity contribution in [3.63, 3.8) is 0 Å². The van der Waals surface area contributed by atoms with Crippen molar-refractivity contribution < 1.29 is 9.13 Å². The van der Waals surface area contributed by atoms with E-state index in [-0.39, 0.29) is 11.6 Å². The van der Waals surface area contributed by atoms with Gasteiger partial charge in [-0.05, 0) is 46.7 Å². The number of rotatable bonds is 4. The monoisotopic (exact) mass is 310 g/mol. The molecule has 18 heavy (non-hydrogen) atoms. The first-order valence-electron chi connectivity index (χ1n) is 5.40. The number of hydrogen-bond acceptors (Lipinski definition) is 3. The largest absolute Gasteiger partial charge is 0.453 e. The molecule has 1 N–H and O–H groups in total. The zero-order chi connectivity index (χ0) is 13.0. The Balaban J connectivity index is 2.19. The molecule has 0 aliphatic carbocycles. The van der Waals surface area contributed by atoms with Crippen LogP contribution >= 0.6 is 15.9 Å². The third-order valence-corrected chi connectivity index (χ3v) is 2.72. The number of hydrogen-bond donors (Lipinski definition) is 1. The van der Waals surface area contributed by atoms with Gasteiger partial charge in [-0.2, -0.15) is 0 Å². The number of pyridine rings is 1. The van der Waals surface area contributed by atoms with Crippen molar-refractivity contribution in [1.82, 2.24) is 10.3 Å². The van der Waals surface area contributed by atoms with Gasteiger partial charge in [-0.15, -0.1) is 0 Å². The fourth-order valence-electron chi connectivity index (χ4n) is 1.52. The Morgan fingerprint density at radius 3 is 2.83 bits per heavy atom. The van der Waals surface area contributed by atoms with Gasteiger partial charge in [0.1, 0.15) is 5.75 Å². The smallest absolute Gasteiger partial charge is 0.166 e. The van der Waals surface area contributed by atoms with Crippen molar-refractivity contribution in [1.29, 1.82) is 0 Å². The van der Waals surface area contributed by atoms with E-state index in [1.165, 1.54) is 12.3 Å². The van der Waals surface area contributed by atoms with Crippen LogP contribution in [0.2, 0.25) is 0 Å². The summed E-state index contributed by atoms with van der Waals surface area (Å²) in [5.74, 6) is 0.294. The second kappa shape index (κ2) is 5.93. The number of ether oxygens (including phenoxy) is 1. The molecule has 3 nitrogen and oxygen atoms in total. The highest BCUT2D eigenvalue weighted by Gasteiger charge is 2.06. The van der Waals surface area contributed by atoms with E-state index in [1.807, 2.05) is 13.1 Å². The van der Waals surface area contributed by atoms with Crippen LogP contribution in [0.3, 0.4) is 0 Å². The Morgan fingerprint density at radius 2 is 2.17 bits per heavy atom. The fraction of sp³-hybridized carbons (Fsp3) is 0.154. The van der Waals surface area contributed by atoms with Crippen LogP contribution in [0.5, 0.6) is 11.5 Å². The normalized spacial score (nSPS) is 10.4. The topological polar surface area (TPSA) is 34.1 Å². The van der Waals surface area contributed by atoms with Crippen LogP contribution in [0.4, 0.5) is 4.39 Å². The predicted octanol–water partition coefficient (Wildman–Crippen LogP) is 3.49. The molecule has 5 heteroatoms. The molecule has 2 rings (SSSR count). The fourth-order valence-corrected chi connectivity index (χ4v) is 1.86. The third kappa shape index (κ3) is 3.27. The van der Waals surface area contributed by atoms with Crippen LogP contribution < -0.4 is 10.1 Å². The summed E-state index contributed by atoms with van der Waals surface area (Å²) in [6, 6.07) is 6.62. The molecule has 1 aromatic carbocycles. The quantitative estimate of drug-likeness (QED) is 0.938. The van der Waals surface area contributed by atoms with Gasteiger partial charge in [0.25, 0.3) is 0 Å². The Morgan fingerprint density at radius 1 is 1.33 bits per heavy atom. The second-order valence-corrected chi connectivity index (χ2v) is 4.65. The molecule has 0 aliphatic heterocycles. The van der Waals surface area contributed by atoms with E-state index >= 15 is 0 Å². The lowest BCUT2D eigenvalue weighted by atomic mass is 10.2. The molecular weight excluding hydrogens is 299 g/mol. The Labute approximate surface area is 113 Å². The van der Waals surface area contributed by atoms with E-state index in [1.54, 1.807) is 18.3 Å². The highest BCUT2D eigenvalue weighted by Crippen LogP contribution is 2.26. The van der Waals surface area contributed by atoms with Gasteiger partial charge in [0, 0.05) is 17.2 Å². The SMILES string of the molecule is CNCc1ccc(Oc2cncc(Br)c2)c(F)c1. The van der Waals surface area contributed by atoms with E-state index in [4.69, 9.17) is 4.74 Å². The van der Waals surface area contributed by atoms with Crippen LogP contribution in [-0.2, 0) is 6.54 Å². The first kappa shape index (κ1) is 13.0. The summed E-state index contributed by atoms with van der Waals surface area (Å²) in [7, 11) is 1.81. The summed E-state index contributed by atoms with van der Waals surface area (Å²) in [4.78, 5) is 3.95. The van der Waals surface area contributed by atoms with Crippen molar-refractivity contribution in [3.8, 4) is 11.5 Å². The summed E-state index contributed by atoms with van der Waals surface area (Å²) >= 11 is 3.28. The first-order valence-corrected chi connectivity index (χ1v) is 6.20. The molecule has 0 bridgehead atoms. The van der Waals surface area contributed by atoms with Crippen molar-refractivity contribution in [2.45, 2.75) is 6.54 Å². The lowest BCUT2D eigenvalue weighted by molar-refractivity contribution is 0.439. The number of nitrogens with one attached hydrogen (secondary N) is 1. The highest BCUT2D eigenvalue weighted by molar-refractivity contribution is 9.10. The molecule has 2 aromatic rings. The maximum atomic E-state index is 13.8. The molecule has 0 unspecified atom stereocenters. The van der Waals surface area contributed by atoms with Crippen molar-refractivity contribution in [2.24, 2.45) is 0 Å². The van der Waals surface area contributed by atoms with E-state index in [9.17, 15) is 4.39 Å². The molecule has 0 saturated carbocycles. The molecule has 0 spiro atoms. The third-order valence-electron chi connectivity index (χ3n) is 2.28. The number of benzene rings is 1. The number of halogens is 2. The zero-order valence-electron chi connectivity index (χ0n) is 9.78. The maximum Gasteiger partial charge on any atom is 0.166 e. The summed E-state index contributed by atoms with van der Waals surface area (Å²) < 4.78 is 20.0. The maximum absolute atomic E-state index is 13.8. The lowest BCUT2D eigenvalue weighted by Gasteiger charge is -2.08. The van der Waals surface area contributed by atoms with E-state index in [0.29, 0.717) is 12.3 Å². The van der Waals surface area contributed by atoms with Crippen LogP contribution in [0.25, 0.3) is 0 Å². The molecule has 94 valence electrons. The van der Waals surface area contributed by atoms with Gasteiger partial charge in [-0.1, -0.05) is 6.07 Å². The van der Waals surface area contributed by atoms with Crippen LogP contribution in [-0.4, -0.2) is 12.0 Å². The molecule has 1 heterocycles. The Kier molecular flexibility index (Phi) is 4.28. The second-order valence-electron chi connectivity index (χ2n) is 3.74. The van der Waals surface area contributed by atoms with Crippen LogP contribution in [0, 0.1) is 5.82 Å². The van der Waals surface area contributed by atoms with Gasteiger partial charge in [-0.25, -0.2) is 4.39 Å². The van der Waals surface area contributed by atoms with Gasteiger partial charge in [0.05, 0.1) is 6.20 Å².